The van der Waals surface area contributed by atoms with Gasteiger partial charge in [0.15, 0.2) is 0 Å². The molecule has 0 saturated carbocycles. The molecule has 1 rings (SSSR count). The molecule has 0 aliphatic rings. The Morgan fingerprint density at radius 1 is 1.44 bits per heavy atom. The van der Waals surface area contributed by atoms with E-state index in [1.165, 1.54) is 6.07 Å². The number of carbonyl (C=O) groups excluding carboxylic acids is 1. The van der Waals surface area contributed by atoms with Gasteiger partial charge in [-0.2, -0.15) is 0 Å². The van der Waals surface area contributed by atoms with Gasteiger partial charge < -0.3 is 10.2 Å². The Labute approximate surface area is 108 Å². The van der Waals surface area contributed by atoms with Crippen molar-refractivity contribution in [2.45, 2.75) is 33.2 Å². The van der Waals surface area contributed by atoms with Crippen molar-refractivity contribution >= 4 is 11.6 Å². The van der Waals surface area contributed by atoms with Crippen LogP contribution in [-0.2, 0) is 0 Å². The highest BCUT2D eigenvalue weighted by Gasteiger charge is 2.19. The van der Waals surface area contributed by atoms with Crippen molar-refractivity contribution in [2.75, 3.05) is 18.9 Å². The van der Waals surface area contributed by atoms with Crippen molar-refractivity contribution in [3.63, 3.8) is 0 Å². The third kappa shape index (κ3) is 3.22. The van der Waals surface area contributed by atoms with E-state index in [1.807, 2.05) is 20.8 Å². The third-order valence-electron chi connectivity index (χ3n) is 2.89. The van der Waals surface area contributed by atoms with Gasteiger partial charge in [0.2, 0.25) is 0 Å². The molecule has 100 valence electrons. The summed E-state index contributed by atoms with van der Waals surface area (Å²) in [6, 6.07) is 4.67. The Kier molecular flexibility index (Phi) is 5.13. The lowest BCUT2D eigenvalue weighted by Gasteiger charge is -2.23. The van der Waals surface area contributed by atoms with E-state index >= 15 is 0 Å². The Bertz CT molecular complexity index is 418. The smallest absolute Gasteiger partial charge is 0.256 e. The van der Waals surface area contributed by atoms with Crippen molar-refractivity contribution in [1.29, 1.82) is 0 Å². The van der Waals surface area contributed by atoms with Gasteiger partial charge >= 0.3 is 0 Å². The van der Waals surface area contributed by atoms with Crippen molar-refractivity contribution in [1.82, 2.24) is 4.90 Å². The predicted molar refractivity (Wildman–Crippen MR) is 72.4 cm³/mol. The summed E-state index contributed by atoms with van der Waals surface area (Å²) in [5.41, 5.74) is 0.691. The zero-order valence-electron chi connectivity index (χ0n) is 11.5. The fourth-order valence-corrected chi connectivity index (χ4v) is 1.56. The van der Waals surface area contributed by atoms with Gasteiger partial charge in [-0.15, -0.1) is 0 Å². The van der Waals surface area contributed by atoms with Crippen LogP contribution in [0.3, 0.4) is 0 Å². The highest BCUT2D eigenvalue weighted by atomic mass is 19.1. The Hall–Kier alpha value is -1.58. The summed E-state index contributed by atoms with van der Waals surface area (Å²) in [6.45, 7) is 6.49. The van der Waals surface area contributed by atoms with Gasteiger partial charge in [-0.1, -0.05) is 13.0 Å². The lowest BCUT2D eigenvalue weighted by molar-refractivity contribution is 0.0755. The molecule has 1 N–H and O–H groups in total. The normalized spacial score (nSPS) is 10.6. The summed E-state index contributed by atoms with van der Waals surface area (Å²) in [6.07, 6.45) is 0.877. The van der Waals surface area contributed by atoms with Gasteiger partial charge in [0.1, 0.15) is 5.82 Å². The lowest BCUT2D eigenvalue weighted by atomic mass is 10.1. The predicted octanol–water partition coefficient (Wildman–Crippen LogP) is 3.13. The highest BCUT2D eigenvalue weighted by molar-refractivity contribution is 5.99. The zero-order valence-corrected chi connectivity index (χ0v) is 11.5. The number of amides is 1. The summed E-state index contributed by atoms with van der Waals surface area (Å²) in [5.74, 6) is -0.547. The number of hydrogen-bond acceptors (Lipinski definition) is 2. The number of nitrogens with zero attached hydrogens (tertiary/aromatic N) is 1. The van der Waals surface area contributed by atoms with Crippen LogP contribution in [-0.4, -0.2) is 30.4 Å². The van der Waals surface area contributed by atoms with Gasteiger partial charge in [-0.3, -0.25) is 4.79 Å². The monoisotopic (exact) mass is 252 g/mol. The largest absolute Gasteiger partial charge is 0.382 e. The Morgan fingerprint density at radius 3 is 2.67 bits per heavy atom. The average Bonchev–Trinajstić information content (AvgIpc) is 2.35. The molecule has 4 heteroatoms. The molecule has 0 unspecified atom stereocenters. The van der Waals surface area contributed by atoms with Crippen LogP contribution in [0.15, 0.2) is 18.2 Å². The third-order valence-corrected chi connectivity index (χ3v) is 2.89. The summed E-state index contributed by atoms with van der Waals surface area (Å²) in [5, 5.41) is 2.98. The van der Waals surface area contributed by atoms with Gasteiger partial charge in [-0.05, 0) is 32.4 Å². The van der Waals surface area contributed by atoms with Crippen LogP contribution in [0, 0.1) is 5.82 Å². The molecular formula is C14H21FN2O. The van der Waals surface area contributed by atoms with Crippen LogP contribution in [0.4, 0.5) is 10.1 Å². The summed E-state index contributed by atoms with van der Waals surface area (Å²) in [4.78, 5) is 13.8. The van der Waals surface area contributed by atoms with Crippen LogP contribution in [0.25, 0.3) is 0 Å². The van der Waals surface area contributed by atoms with Gasteiger partial charge in [0, 0.05) is 19.6 Å². The fourth-order valence-electron chi connectivity index (χ4n) is 1.56. The van der Waals surface area contributed by atoms with E-state index in [1.54, 1.807) is 24.1 Å². The van der Waals surface area contributed by atoms with E-state index in [4.69, 9.17) is 0 Å². The van der Waals surface area contributed by atoms with E-state index in [-0.39, 0.29) is 17.8 Å². The summed E-state index contributed by atoms with van der Waals surface area (Å²) >= 11 is 0. The highest BCUT2D eigenvalue weighted by Crippen LogP contribution is 2.21. The quantitative estimate of drug-likeness (QED) is 0.873. The van der Waals surface area contributed by atoms with Crippen LogP contribution >= 0.6 is 0 Å². The molecule has 0 saturated heterocycles. The minimum absolute atomic E-state index is 0.0831. The zero-order chi connectivity index (χ0) is 13.7. The van der Waals surface area contributed by atoms with Crippen molar-refractivity contribution in [2.24, 2.45) is 0 Å². The number of hydrogen-bond donors (Lipinski definition) is 1. The second-order valence-corrected chi connectivity index (χ2v) is 4.60. The fraction of sp³-hybridized carbons (Fsp3) is 0.500. The van der Waals surface area contributed by atoms with Gasteiger partial charge in [0.05, 0.1) is 11.3 Å². The van der Waals surface area contributed by atoms with Crippen molar-refractivity contribution in [3.05, 3.63) is 29.6 Å². The molecule has 0 aliphatic heterocycles. The average molecular weight is 252 g/mol. The Morgan fingerprint density at radius 2 is 2.11 bits per heavy atom. The maximum Gasteiger partial charge on any atom is 0.256 e. The van der Waals surface area contributed by atoms with Crippen molar-refractivity contribution in [3.8, 4) is 0 Å². The molecule has 0 fully saturated rings. The molecule has 0 atom stereocenters. The molecule has 1 aromatic carbocycles. The molecule has 0 radical (unpaired) electrons. The topological polar surface area (TPSA) is 32.3 Å². The molecule has 0 aliphatic carbocycles. The van der Waals surface area contributed by atoms with E-state index in [0.29, 0.717) is 17.8 Å². The molecule has 18 heavy (non-hydrogen) atoms. The molecule has 1 aromatic rings. The first-order chi connectivity index (χ1) is 8.49. The number of carbonyl (C=O) groups is 1. The first-order valence-corrected chi connectivity index (χ1v) is 6.28. The lowest BCUT2D eigenvalue weighted by Crippen LogP contribution is -2.33. The van der Waals surface area contributed by atoms with E-state index in [9.17, 15) is 9.18 Å². The number of benzene rings is 1. The van der Waals surface area contributed by atoms with Crippen molar-refractivity contribution < 1.29 is 9.18 Å². The van der Waals surface area contributed by atoms with E-state index < -0.39 is 0 Å². The van der Waals surface area contributed by atoms with Gasteiger partial charge in [0.25, 0.3) is 5.91 Å². The molecular weight excluding hydrogens is 231 g/mol. The second kappa shape index (κ2) is 6.38. The SMILES string of the molecule is CCCNc1c(F)cccc1C(=O)N(C)C(C)C. The Balaban J connectivity index is 3.07. The maximum absolute atomic E-state index is 13.8. The maximum atomic E-state index is 13.8. The van der Waals surface area contributed by atoms with Crippen LogP contribution < -0.4 is 5.32 Å². The number of rotatable bonds is 5. The molecule has 0 heterocycles. The first kappa shape index (κ1) is 14.5. The second-order valence-electron chi connectivity index (χ2n) is 4.60. The molecule has 0 spiro atoms. The van der Waals surface area contributed by atoms with Crippen LogP contribution in [0.1, 0.15) is 37.6 Å². The first-order valence-electron chi connectivity index (χ1n) is 6.28. The molecule has 1 amide bonds. The minimum Gasteiger partial charge on any atom is -0.382 e. The minimum atomic E-state index is -0.383. The molecule has 0 aromatic heterocycles. The van der Waals surface area contributed by atoms with Gasteiger partial charge in [-0.25, -0.2) is 4.39 Å². The van der Waals surface area contributed by atoms with Crippen LogP contribution in [0.5, 0.6) is 0 Å². The molecule has 0 bridgehead atoms. The van der Waals surface area contributed by atoms with E-state index in [2.05, 4.69) is 5.32 Å². The summed E-state index contributed by atoms with van der Waals surface area (Å²) < 4.78 is 13.8. The van der Waals surface area contributed by atoms with E-state index in [0.717, 1.165) is 6.42 Å². The summed E-state index contributed by atoms with van der Waals surface area (Å²) in [7, 11) is 1.72. The standard InChI is InChI=1S/C14H21FN2O/c1-5-9-16-13-11(7-6-8-12(13)15)14(18)17(4)10(2)3/h6-8,10,16H,5,9H2,1-4H3. The molecule has 3 nitrogen and oxygen atoms in total. The number of anilines is 1. The number of nitrogens with one attached hydrogen (secondary N) is 1. The number of para-hydroxylation sites is 1. The number of halogens is 1. The van der Waals surface area contributed by atoms with Crippen LogP contribution in [0.2, 0.25) is 0 Å².